The summed E-state index contributed by atoms with van der Waals surface area (Å²) in [5.41, 5.74) is 9.06. The van der Waals surface area contributed by atoms with Crippen LogP contribution in [0.5, 0.6) is 0 Å². The minimum Gasteiger partial charge on any atom is -0.459 e. The maximum Gasteiger partial charge on any atom is 0.269 e. The van der Waals surface area contributed by atoms with Crippen molar-refractivity contribution in [1.29, 1.82) is 0 Å². The molecule has 6 heteroatoms. The lowest BCUT2D eigenvalue weighted by atomic mass is 10.1. The van der Waals surface area contributed by atoms with E-state index in [1.807, 2.05) is 38.1 Å². The first-order valence-corrected chi connectivity index (χ1v) is 7.46. The largest absolute Gasteiger partial charge is 0.459 e. The van der Waals surface area contributed by atoms with Gasteiger partial charge in [0.1, 0.15) is 11.3 Å². The average Bonchev–Trinajstić information content (AvgIpc) is 2.74. The summed E-state index contributed by atoms with van der Waals surface area (Å²) in [6.07, 6.45) is 0. The molecular weight excluding hydrogens is 274 g/mol. The predicted molar refractivity (Wildman–Crippen MR) is 82.3 cm³/mol. The molecule has 0 radical (unpaired) electrons. The summed E-state index contributed by atoms with van der Waals surface area (Å²) >= 11 is 1.63. The Hall–Kier alpha value is -1.50. The van der Waals surface area contributed by atoms with Crippen molar-refractivity contribution in [3.05, 3.63) is 35.6 Å². The minimum atomic E-state index is -0.336. The Bertz CT molecular complexity index is 616. The van der Waals surface area contributed by atoms with Gasteiger partial charge in [0.05, 0.1) is 11.3 Å². The van der Waals surface area contributed by atoms with E-state index in [1.165, 1.54) is 0 Å². The molecule has 0 atom stereocenters. The van der Waals surface area contributed by atoms with Gasteiger partial charge in [0, 0.05) is 16.7 Å². The minimum absolute atomic E-state index is 0.257. The highest BCUT2D eigenvalue weighted by Crippen LogP contribution is 2.29. The molecule has 20 heavy (non-hydrogen) atoms. The number of hydrogen-bond acceptors (Lipinski definition) is 5. The van der Waals surface area contributed by atoms with Crippen molar-refractivity contribution >= 4 is 28.6 Å². The van der Waals surface area contributed by atoms with Crippen LogP contribution in [0.25, 0.3) is 11.0 Å². The lowest BCUT2D eigenvalue weighted by molar-refractivity contribution is 0.0953. The van der Waals surface area contributed by atoms with Gasteiger partial charge in [0.2, 0.25) is 0 Å². The van der Waals surface area contributed by atoms with Gasteiger partial charge in [-0.25, -0.2) is 5.84 Å². The van der Waals surface area contributed by atoms with E-state index in [2.05, 4.69) is 5.43 Å². The number of hydrazine groups is 1. The fraction of sp³-hybridized carbons (Fsp3) is 0.357. The van der Waals surface area contributed by atoms with Crippen LogP contribution in [0.3, 0.4) is 0 Å². The Balaban J connectivity index is 2.29. The van der Waals surface area contributed by atoms with Crippen molar-refractivity contribution in [3.8, 4) is 0 Å². The molecule has 0 saturated carbocycles. The number of carbonyl (C=O) groups is 1. The summed E-state index contributed by atoms with van der Waals surface area (Å²) in [5.74, 6) is 6.90. The van der Waals surface area contributed by atoms with Crippen molar-refractivity contribution in [3.63, 3.8) is 0 Å². The van der Waals surface area contributed by atoms with Gasteiger partial charge in [0.15, 0.2) is 0 Å². The molecule has 0 aliphatic rings. The fourth-order valence-electron chi connectivity index (χ4n) is 1.93. The molecule has 0 fully saturated rings. The highest BCUT2D eigenvalue weighted by Gasteiger charge is 2.20. The molecule has 0 unspecified atom stereocenters. The van der Waals surface area contributed by atoms with Crippen LogP contribution in [0.2, 0.25) is 0 Å². The van der Waals surface area contributed by atoms with Crippen LogP contribution in [-0.2, 0) is 5.75 Å². The molecule has 1 aromatic carbocycles. The van der Waals surface area contributed by atoms with Crippen molar-refractivity contribution < 1.29 is 9.21 Å². The SMILES string of the molecule is CC(C)(N)CSCc1oc2ccccc2c1C(=O)NN. The highest BCUT2D eigenvalue weighted by atomic mass is 32.2. The molecule has 5 N–H and O–H groups in total. The zero-order valence-corrected chi connectivity index (χ0v) is 12.4. The van der Waals surface area contributed by atoms with Crippen LogP contribution < -0.4 is 17.0 Å². The number of nitrogens with two attached hydrogens (primary N) is 2. The van der Waals surface area contributed by atoms with Gasteiger partial charge in [-0.05, 0) is 19.9 Å². The third-order valence-electron chi connectivity index (χ3n) is 2.73. The number of nitrogen functional groups attached to an aromatic ring is 1. The van der Waals surface area contributed by atoms with Crippen LogP contribution in [0.15, 0.2) is 28.7 Å². The lowest BCUT2D eigenvalue weighted by Crippen LogP contribution is -2.34. The molecule has 5 nitrogen and oxygen atoms in total. The summed E-state index contributed by atoms with van der Waals surface area (Å²) in [6, 6.07) is 7.43. The third-order valence-corrected chi connectivity index (χ3v) is 4.15. The maximum absolute atomic E-state index is 11.9. The third kappa shape index (κ3) is 3.33. The van der Waals surface area contributed by atoms with Gasteiger partial charge in [-0.3, -0.25) is 10.2 Å². The maximum atomic E-state index is 11.9. The number of benzene rings is 1. The molecule has 1 heterocycles. The second-order valence-electron chi connectivity index (χ2n) is 5.35. The van der Waals surface area contributed by atoms with Crippen LogP contribution in [0.4, 0.5) is 0 Å². The van der Waals surface area contributed by atoms with Gasteiger partial charge in [-0.2, -0.15) is 11.8 Å². The highest BCUT2D eigenvalue weighted by molar-refractivity contribution is 7.98. The molecule has 1 amide bonds. The Labute approximate surface area is 122 Å². The molecule has 0 saturated heterocycles. The molecule has 0 aliphatic heterocycles. The van der Waals surface area contributed by atoms with Gasteiger partial charge in [0.25, 0.3) is 5.91 Å². The number of thioether (sulfide) groups is 1. The number of carbonyl (C=O) groups excluding carboxylic acids is 1. The van der Waals surface area contributed by atoms with Crippen LogP contribution in [0, 0.1) is 0 Å². The van der Waals surface area contributed by atoms with E-state index in [4.69, 9.17) is 16.0 Å². The van der Waals surface area contributed by atoms with Crippen LogP contribution >= 0.6 is 11.8 Å². The molecular formula is C14H19N3O2S. The van der Waals surface area contributed by atoms with Crippen molar-refractivity contribution in [2.45, 2.75) is 25.1 Å². The summed E-state index contributed by atoms with van der Waals surface area (Å²) in [6.45, 7) is 3.93. The number of nitrogens with one attached hydrogen (secondary N) is 1. The Morgan fingerprint density at radius 3 is 2.75 bits per heavy atom. The van der Waals surface area contributed by atoms with Crippen molar-refractivity contribution in [2.75, 3.05) is 5.75 Å². The van der Waals surface area contributed by atoms with E-state index in [0.717, 1.165) is 11.1 Å². The van der Waals surface area contributed by atoms with E-state index >= 15 is 0 Å². The second kappa shape index (κ2) is 5.87. The first-order valence-electron chi connectivity index (χ1n) is 6.30. The predicted octanol–water partition coefficient (Wildman–Crippen LogP) is 2.01. The zero-order chi connectivity index (χ0) is 14.8. The topological polar surface area (TPSA) is 94.3 Å². The molecule has 1 aromatic heterocycles. The number of para-hydroxylation sites is 1. The van der Waals surface area contributed by atoms with Gasteiger partial charge in [-0.1, -0.05) is 18.2 Å². The van der Waals surface area contributed by atoms with Crippen molar-refractivity contribution in [1.82, 2.24) is 5.43 Å². The normalized spacial score (nSPS) is 11.8. The van der Waals surface area contributed by atoms with Crippen molar-refractivity contribution in [2.24, 2.45) is 11.6 Å². The summed E-state index contributed by atoms with van der Waals surface area (Å²) in [5, 5.41) is 0.776. The fourth-order valence-corrected chi connectivity index (χ4v) is 2.94. The van der Waals surface area contributed by atoms with E-state index < -0.39 is 0 Å². The molecule has 0 aliphatic carbocycles. The number of furan rings is 1. The standard InChI is InChI=1S/C14H19N3O2S/c1-14(2,15)8-20-7-11-12(13(18)17-16)9-5-3-4-6-10(9)19-11/h3-6H,7-8,15-16H2,1-2H3,(H,17,18). The number of hydrogen-bond donors (Lipinski definition) is 3. The molecule has 108 valence electrons. The van der Waals surface area contributed by atoms with Crippen LogP contribution in [-0.4, -0.2) is 17.2 Å². The average molecular weight is 293 g/mol. The first-order chi connectivity index (χ1) is 9.42. The monoisotopic (exact) mass is 293 g/mol. The van der Waals surface area contributed by atoms with E-state index in [0.29, 0.717) is 22.7 Å². The van der Waals surface area contributed by atoms with Gasteiger partial charge >= 0.3 is 0 Å². The van der Waals surface area contributed by atoms with E-state index in [1.54, 1.807) is 11.8 Å². The number of amides is 1. The van der Waals surface area contributed by atoms with Gasteiger partial charge in [-0.15, -0.1) is 0 Å². The van der Waals surface area contributed by atoms with E-state index in [9.17, 15) is 4.79 Å². The first kappa shape index (κ1) is 14.9. The quantitative estimate of drug-likeness (QED) is 0.445. The summed E-state index contributed by atoms with van der Waals surface area (Å²) in [7, 11) is 0. The number of fused-ring (bicyclic) bond motifs is 1. The Morgan fingerprint density at radius 2 is 2.10 bits per heavy atom. The smallest absolute Gasteiger partial charge is 0.269 e. The molecule has 0 spiro atoms. The lowest BCUT2D eigenvalue weighted by Gasteiger charge is -2.17. The number of rotatable bonds is 5. The van der Waals surface area contributed by atoms with Crippen LogP contribution in [0.1, 0.15) is 30.0 Å². The molecule has 2 aromatic rings. The molecule has 0 bridgehead atoms. The van der Waals surface area contributed by atoms with Gasteiger partial charge < -0.3 is 10.2 Å². The summed E-state index contributed by atoms with van der Waals surface area (Å²) in [4.78, 5) is 11.9. The Kier molecular flexibility index (Phi) is 4.37. The van der Waals surface area contributed by atoms with E-state index in [-0.39, 0.29) is 11.4 Å². The Morgan fingerprint density at radius 1 is 1.40 bits per heavy atom. The molecule has 2 rings (SSSR count). The zero-order valence-electron chi connectivity index (χ0n) is 11.6. The second-order valence-corrected chi connectivity index (χ2v) is 6.34. The summed E-state index contributed by atoms with van der Waals surface area (Å²) < 4.78 is 5.76.